The van der Waals surface area contributed by atoms with Crippen molar-refractivity contribution in [1.29, 1.82) is 5.26 Å². The van der Waals surface area contributed by atoms with Crippen LogP contribution in [0.15, 0.2) is 48.5 Å². The maximum absolute atomic E-state index is 12.2. The molecule has 4 heteroatoms. The first kappa shape index (κ1) is 18.7. The Kier molecular flexibility index (Phi) is 5.93. The van der Waals surface area contributed by atoms with Gasteiger partial charge in [0.25, 0.3) is 0 Å². The van der Waals surface area contributed by atoms with Crippen LogP contribution < -0.4 is 10.2 Å². The van der Waals surface area contributed by atoms with Crippen LogP contribution >= 0.6 is 0 Å². The topological polar surface area (TPSA) is 56.1 Å². The molecule has 0 aromatic heterocycles. The van der Waals surface area contributed by atoms with E-state index >= 15 is 0 Å². The van der Waals surface area contributed by atoms with E-state index in [1.165, 1.54) is 11.1 Å². The van der Waals surface area contributed by atoms with Crippen molar-refractivity contribution in [2.75, 3.05) is 18.0 Å². The predicted molar refractivity (Wildman–Crippen MR) is 109 cm³/mol. The lowest BCUT2D eigenvalue weighted by Crippen LogP contribution is -2.44. The molecule has 0 aliphatic carbocycles. The smallest absolute Gasteiger partial charge is 0.244 e. The van der Waals surface area contributed by atoms with Gasteiger partial charge >= 0.3 is 0 Å². The standard InChI is InChI=1S/C23H25N3O/c1-17-3-6-20(18(2)15-17)7-10-23(27)25-21-11-13-26(14-12-21)22-8-4-19(16-24)5-9-22/h3-10,15,21H,11-14H2,1-2H3,(H,25,27)/b10-7+. The van der Waals surface area contributed by atoms with Crippen molar-refractivity contribution in [1.82, 2.24) is 5.32 Å². The van der Waals surface area contributed by atoms with Gasteiger partial charge in [0, 0.05) is 30.9 Å². The van der Waals surface area contributed by atoms with Crippen LogP contribution in [-0.2, 0) is 4.79 Å². The van der Waals surface area contributed by atoms with Gasteiger partial charge in [-0.2, -0.15) is 5.26 Å². The van der Waals surface area contributed by atoms with Crippen molar-refractivity contribution in [2.24, 2.45) is 0 Å². The maximum Gasteiger partial charge on any atom is 0.244 e. The number of amides is 1. The van der Waals surface area contributed by atoms with Crippen LogP contribution in [0.2, 0.25) is 0 Å². The number of hydrogen-bond donors (Lipinski definition) is 1. The second-order valence-corrected chi connectivity index (χ2v) is 7.12. The van der Waals surface area contributed by atoms with Gasteiger partial charge in [-0.1, -0.05) is 23.8 Å². The van der Waals surface area contributed by atoms with Gasteiger partial charge in [-0.3, -0.25) is 4.79 Å². The zero-order valence-electron chi connectivity index (χ0n) is 15.9. The fourth-order valence-corrected chi connectivity index (χ4v) is 3.46. The summed E-state index contributed by atoms with van der Waals surface area (Å²) in [5.41, 5.74) is 5.29. The Bertz CT molecular complexity index is 869. The van der Waals surface area contributed by atoms with Crippen molar-refractivity contribution in [2.45, 2.75) is 32.7 Å². The summed E-state index contributed by atoms with van der Waals surface area (Å²) in [7, 11) is 0. The van der Waals surface area contributed by atoms with Gasteiger partial charge < -0.3 is 10.2 Å². The Morgan fingerprint density at radius 2 is 1.85 bits per heavy atom. The summed E-state index contributed by atoms with van der Waals surface area (Å²) in [4.78, 5) is 14.5. The summed E-state index contributed by atoms with van der Waals surface area (Å²) in [5.74, 6) is -0.0354. The van der Waals surface area contributed by atoms with Crippen molar-refractivity contribution in [3.05, 3.63) is 70.8 Å². The maximum atomic E-state index is 12.2. The molecule has 0 saturated carbocycles. The minimum atomic E-state index is -0.0354. The molecule has 0 spiro atoms. The SMILES string of the molecule is Cc1ccc(/C=C/C(=O)NC2CCN(c3ccc(C#N)cc3)CC2)c(C)c1. The second kappa shape index (κ2) is 8.55. The van der Waals surface area contributed by atoms with E-state index in [1.54, 1.807) is 6.08 Å². The summed E-state index contributed by atoms with van der Waals surface area (Å²) < 4.78 is 0. The first-order valence-corrected chi connectivity index (χ1v) is 9.36. The van der Waals surface area contributed by atoms with Crippen molar-refractivity contribution >= 4 is 17.7 Å². The largest absolute Gasteiger partial charge is 0.371 e. The molecule has 0 unspecified atom stereocenters. The molecule has 1 heterocycles. The highest BCUT2D eigenvalue weighted by Crippen LogP contribution is 2.20. The molecule has 2 aromatic rings. The molecule has 1 amide bonds. The summed E-state index contributed by atoms with van der Waals surface area (Å²) in [6.07, 6.45) is 5.35. The predicted octanol–water partition coefficient (Wildman–Crippen LogP) is 3.97. The van der Waals surface area contributed by atoms with Gasteiger partial charge in [-0.25, -0.2) is 0 Å². The molecule has 138 valence electrons. The van der Waals surface area contributed by atoms with E-state index in [1.807, 2.05) is 36.4 Å². The van der Waals surface area contributed by atoms with Crippen LogP contribution in [-0.4, -0.2) is 25.0 Å². The number of carbonyl (C=O) groups is 1. The first-order valence-electron chi connectivity index (χ1n) is 9.36. The lowest BCUT2D eigenvalue weighted by atomic mass is 10.0. The summed E-state index contributed by atoms with van der Waals surface area (Å²) in [6.45, 7) is 5.93. The molecule has 0 radical (unpaired) electrons. The molecule has 0 bridgehead atoms. The van der Waals surface area contributed by atoms with Crippen LogP contribution in [0, 0.1) is 25.2 Å². The van der Waals surface area contributed by atoms with Gasteiger partial charge in [0.2, 0.25) is 5.91 Å². The average molecular weight is 359 g/mol. The van der Waals surface area contributed by atoms with E-state index < -0.39 is 0 Å². The van der Waals surface area contributed by atoms with E-state index in [0.717, 1.165) is 37.2 Å². The highest BCUT2D eigenvalue weighted by atomic mass is 16.1. The Labute approximate surface area is 161 Å². The molecule has 1 fully saturated rings. The normalized spacial score (nSPS) is 14.9. The number of nitrogens with zero attached hydrogens (tertiary/aromatic N) is 2. The molecule has 1 aliphatic heterocycles. The number of piperidine rings is 1. The molecule has 1 saturated heterocycles. The molecule has 3 rings (SSSR count). The van der Waals surface area contributed by atoms with Gasteiger partial charge in [-0.15, -0.1) is 0 Å². The van der Waals surface area contributed by atoms with Crippen LogP contribution in [0.4, 0.5) is 5.69 Å². The van der Waals surface area contributed by atoms with Gasteiger partial charge in [-0.05, 0) is 68.2 Å². The molecule has 1 aliphatic rings. The number of nitrogens with one attached hydrogen (secondary N) is 1. The first-order chi connectivity index (χ1) is 13.0. The lowest BCUT2D eigenvalue weighted by Gasteiger charge is -2.33. The fourth-order valence-electron chi connectivity index (χ4n) is 3.46. The molecule has 2 aromatic carbocycles. The zero-order valence-corrected chi connectivity index (χ0v) is 15.9. The number of rotatable bonds is 4. The highest BCUT2D eigenvalue weighted by Gasteiger charge is 2.20. The van der Waals surface area contributed by atoms with Gasteiger partial charge in [0.15, 0.2) is 0 Å². The van der Waals surface area contributed by atoms with E-state index in [0.29, 0.717) is 5.56 Å². The van der Waals surface area contributed by atoms with E-state index in [-0.39, 0.29) is 11.9 Å². The third-order valence-corrected chi connectivity index (χ3v) is 5.04. The Balaban J connectivity index is 1.50. The quantitative estimate of drug-likeness (QED) is 0.840. The van der Waals surface area contributed by atoms with Gasteiger partial charge in [0.05, 0.1) is 11.6 Å². The number of benzene rings is 2. The summed E-state index contributed by atoms with van der Waals surface area (Å²) >= 11 is 0. The van der Waals surface area contributed by atoms with Crippen molar-refractivity contribution < 1.29 is 4.79 Å². The molecule has 1 N–H and O–H groups in total. The van der Waals surface area contributed by atoms with Crippen LogP contribution in [0.1, 0.15) is 35.1 Å². The zero-order chi connectivity index (χ0) is 19.2. The summed E-state index contributed by atoms with van der Waals surface area (Å²) in [6, 6.07) is 16.3. The Hall–Kier alpha value is -3.06. The average Bonchev–Trinajstić information content (AvgIpc) is 2.68. The second-order valence-electron chi connectivity index (χ2n) is 7.12. The van der Waals surface area contributed by atoms with E-state index in [9.17, 15) is 4.79 Å². The Morgan fingerprint density at radius 1 is 1.15 bits per heavy atom. The monoisotopic (exact) mass is 359 g/mol. The summed E-state index contributed by atoms with van der Waals surface area (Å²) in [5, 5.41) is 12.0. The number of aryl methyl sites for hydroxylation is 2. The minimum Gasteiger partial charge on any atom is -0.371 e. The van der Waals surface area contributed by atoms with E-state index in [4.69, 9.17) is 5.26 Å². The lowest BCUT2D eigenvalue weighted by molar-refractivity contribution is -0.117. The Morgan fingerprint density at radius 3 is 2.48 bits per heavy atom. The molecular weight excluding hydrogens is 334 g/mol. The van der Waals surface area contributed by atoms with Crippen LogP contribution in [0.3, 0.4) is 0 Å². The van der Waals surface area contributed by atoms with Crippen LogP contribution in [0.25, 0.3) is 6.08 Å². The van der Waals surface area contributed by atoms with E-state index in [2.05, 4.69) is 42.3 Å². The molecule has 27 heavy (non-hydrogen) atoms. The van der Waals surface area contributed by atoms with Crippen LogP contribution in [0.5, 0.6) is 0 Å². The third-order valence-electron chi connectivity index (χ3n) is 5.04. The van der Waals surface area contributed by atoms with Crippen molar-refractivity contribution in [3.63, 3.8) is 0 Å². The number of nitriles is 1. The number of anilines is 1. The number of hydrogen-bond acceptors (Lipinski definition) is 3. The van der Waals surface area contributed by atoms with Crippen molar-refractivity contribution in [3.8, 4) is 6.07 Å². The number of carbonyl (C=O) groups excluding carboxylic acids is 1. The minimum absolute atomic E-state index is 0.0354. The highest BCUT2D eigenvalue weighted by molar-refractivity contribution is 5.92. The molecule has 0 atom stereocenters. The fraction of sp³-hybridized carbons (Fsp3) is 0.304. The van der Waals surface area contributed by atoms with Gasteiger partial charge in [0.1, 0.15) is 0 Å². The third kappa shape index (κ3) is 4.98. The molecular formula is C23H25N3O. The molecule has 4 nitrogen and oxygen atoms in total.